The van der Waals surface area contributed by atoms with E-state index in [1.54, 1.807) is 30.5 Å². The molecule has 0 aliphatic carbocycles. The predicted molar refractivity (Wildman–Crippen MR) is 73.0 cm³/mol. The maximum atomic E-state index is 11.6. The lowest BCUT2D eigenvalue weighted by atomic mass is 10.1. The van der Waals surface area contributed by atoms with E-state index in [1.807, 2.05) is 6.92 Å². The van der Waals surface area contributed by atoms with Crippen LogP contribution in [-0.2, 0) is 22.0 Å². The maximum Gasteiger partial charge on any atom is 0.224 e. The van der Waals surface area contributed by atoms with Gasteiger partial charge >= 0.3 is 0 Å². The zero-order chi connectivity index (χ0) is 13.5. The van der Waals surface area contributed by atoms with E-state index in [-0.39, 0.29) is 23.3 Å². The smallest absolute Gasteiger partial charge is 0.224 e. The molecule has 2 atom stereocenters. The lowest BCUT2D eigenvalue weighted by Crippen LogP contribution is -2.28. The maximum absolute atomic E-state index is 11.6. The first-order valence-electron chi connectivity index (χ1n) is 5.86. The lowest BCUT2D eigenvalue weighted by molar-refractivity contribution is -0.120. The van der Waals surface area contributed by atoms with Crippen LogP contribution in [0, 0.1) is 0 Å². The van der Waals surface area contributed by atoms with E-state index in [2.05, 4.69) is 5.32 Å². The third-order valence-corrected chi connectivity index (χ3v) is 4.08. The first kappa shape index (κ1) is 14.7. The molecule has 0 heterocycles. The molecule has 0 fully saturated rings. The number of aromatic hydroxyl groups is 1. The number of carbonyl (C=O) groups excluding carboxylic acids is 1. The zero-order valence-corrected chi connectivity index (χ0v) is 11.5. The van der Waals surface area contributed by atoms with Gasteiger partial charge in [-0.2, -0.15) is 0 Å². The molecule has 1 aromatic carbocycles. The van der Waals surface area contributed by atoms with Gasteiger partial charge in [-0.05, 0) is 24.1 Å². The summed E-state index contributed by atoms with van der Waals surface area (Å²) in [6.07, 6.45) is 2.62. The Labute approximate surface area is 110 Å². The molecule has 0 spiro atoms. The molecule has 0 aliphatic rings. The van der Waals surface area contributed by atoms with Gasteiger partial charge in [0.2, 0.25) is 5.91 Å². The fraction of sp³-hybridized carbons (Fsp3) is 0.462. The molecule has 1 rings (SSSR count). The van der Waals surface area contributed by atoms with E-state index < -0.39 is 10.8 Å². The Morgan fingerprint density at radius 1 is 1.50 bits per heavy atom. The predicted octanol–water partition coefficient (Wildman–Crippen LogP) is 1.21. The number of phenols is 1. The highest BCUT2D eigenvalue weighted by Crippen LogP contribution is 2.11. The molecule has 5 heteroatoms. The number of benzene rings is 1. The van der Waals surface area contributed by atoms with E-state index in [0.29, 0.717) is 13.0 Å². The van der Waals surface area contributed by atoms with Crippen LogP contribution in [0.2, 0.25) is 0 Å². The fourth-order valence-electron chi connectivity index (χ4n) is 1.50. The minimum absolute atomic E-state index is 0.0883. The summed E-state index contributed by atoms with van der Waals surface area (Å²) in [7, 11) is -0.850. The van der Waals surface area contributed by atoms with Crippen LogP contribution < -0.4 is 5.32 Å². The van der Waals surface area contributed by atoms with Gasteiger partial charge in [-0.15, -0.1) is 0 Å². The zero-order valence-electron chi connectivity index (χ0n) is 10.7. The van der Waals surface area contributed by atoms with E-state index in [9.17, 15) is 14.1 Å². The molecular formula is C13H19NO3S. The summed E-state index contributed by atoms with van der Waals surface area (Å²) >= 11 is 0. The van der Waals surface area contributed by atoms with Crippen molar-refractivity contribution in [3.05, 3.63) is 29.8 Å². The van der Waals surface area contributed by atoms with Crippen molar-refractivity contribution in [2.24, 2.45) is 0 Å². The molecule has 0 aromatic heterocycles. The number of rotatable bonds is 6. The average molecular weight is 269 g/mol. The summed E-state index contributed by atoms with van der Waals surface area (Å²) < 4.78 is 11.1. The highest BCUT2D eigenvalue weighted by Gasteiger charge is 2.07. The molecule has 1 amide bonds. The van der Waals surface area contributed by atoms with Gasteiger partial charge in [0, 0.05) is 28.9 Å². The van der Waals surface area contributed by atoms with Gasteiger partial charge in [0.25, 0.3) is 0 Å². The monoisotopic (exact) mass is 269 g/mol. The van der Waals surface area contributed by atoms with Crippen LogP contribution in [0.4, 0.5) is 0 Å². The van der Waals surface area contributed by atoms with Crippen LogP contribution in [0.15, 0.2) is 24.3 Å². The number of hydrogen-bond acceptors (Lipinski definition) is 3. The molecule has 0 radical (unpaired) electrons. The van der Waals surface area contributed by atoms with Crippen molar-refractivity contribution >= 4 is 16.7 Å². The summed E-state index contributed by atoms with van der Waals surface area (Å²) in [6.45, 7) is 2.43. The van der Waals surface area contributed by atoms with Crippen LogP contribution in [0.1, 0.15) is 18.9 Å². The van der Waals surface area contributed by atoms with Gasteiger partial charge in [0.15, 0.2) is 0 Å². The van der Waals surface area contributed by atoms with Crippen LogP contribution in [0.25, 0.3) is 0 Å². The van der Waals surface area contributed by atoms with Crippen molar-refractivity contribution < 1.29 is 14.1 Å². The van der Waals surface area contributed by atoms with Crippen molar-refractivity contribution in [1.82, 2.24) is 5.32 Å². The lowest BCUT2D eigenvalue weighted by Gasteiger charge is -2.09. The van der Waals surface area contributed by atoms with Crippen LogP contribution in [0.3, 0.4) is 0 Å². The molecular weight excluding hydrogens is 250 g/mol. The number of phenolic OH excluding ortho intramolecular Hbond substituents is 1. The summed E-state index contributed by atoms with van der Waals surface area (Å²) in [4.78, 5) is 11.6. The van der Waals surface area contributed by atoms with Crippen LogP contribution in [0.5, 0.6) is 5.75 Å². The topological polar surface area (TPSA) is 66.4 Å². The molecule has 0 saturated carbocycles. The van der Waals surface area contributed by atoms with E-state index in [4.69, 9.17) is 0 Å². The quantitative estimate of drug-likeness (QED) is 0.815. The Kier molecular flexibility index (Phi) is 5.85. The second kappa shape index (κ2) is 7.16. The normalized spacial score (nSPS) is 13.9. The standard InChI is InChI=1S/C13H19NO3S/c1-10(18(2)17)6-7-14-13(16)9-11-4-3-5-12(15)8-11/h3-5,8,10,15H,6-7,9H2,1-2H3,(H,14,16). The minimum Gasteiger partial charge on any atom is -0.508 e. The second-order valence-corrected chi connectivity index (χ2v) is 6.10. The van der Waals surface area contributed by atoms with Gasteiger partial charge in [-0.25, -0.2) is 0 Å². The Bertz CT molecular complexity index is 434. The Balaban J connectivity index is 2.32. The third kappa shape index (κ3) is 5.31. The summed E-state index contributed by atoms with van der Waals surface area (Å²) in [5.41, 5.74) is 0.777. The molecule has 0 aliphatic heterocycles. The minimum atomic E-state index is -0.850. The number of nitrogens with one attached hydrogen (secondary N) is 1. The van der Waals surface area contributed by atoms with Crippen LogP contribution >= 0.6 is 0 Å². The van der Waals surface area contributed by atoms with Crippen molar-refractivity contribution in [2.75, 3.05) is 12.8 Å². The largest absolute Gasteiger partial charge is 0.508 e. The molecule has 4 nitrogen and oxygen atoms in total. The van der Waals surface area contributed by atoms with Gasteiger partial charge in [0.1, 0.15) is 5.75 Å². The molecule has 2 N–H and O–H groups in total. The molecule has 0 saturated heterocycles. The molecule has 0 bridgehead atoms. The molecule has 2 unspecified atom stereocenters. The first-order valence-corrected chi connectivity index (χ1v) is 7.48. The summed E-state index contributed by atoms with van der Waals surface area (Å²) in [6, 6.07) is 6.65. The SMILES string of the molecule is CC(CCNC(=O)Cc1cccc(O)c1)S(C)=O. The summed E-state index contributed by atoms with van der Waals surface area (Å²) in [5.74, 6) is 0.0741. The van der Waals surface area contributed by atoms with Gasteiger partial charge in [-0.3, -0.25) is 9.00 Å². The Hall–Kier alpha value is -1.36. The Morgan fingerprint density at radius 2 is 2.22 bits per heavy atom. The second-order valence-electron chi connectivity index (χ2n) is 4.29. The van der Waals surface area contributed by atoms with Crippen molar-refractivity contribution in [2.45, 2.75) is 25.0 Å². The van der Waals surface area contributed by atoms with Gasteiger partial charge in [0.05, 0.1) is 6.42 Å². The number of hydrogen-bond donors (Lipinski definition) is 2. The van der Waals surface area contributed by atoms with Gasteiger partial charge < -0.3 is 10.4 Å². The van der Waals surface area contributed by atoms with E-state index in [0.717, 1.165) is 5.56 Å². The molecule has 1 aromatic rings. The fourth-order valence-corrected chi connectivity index (χ4v) is 1.94. The van der Waals surface area contributed by atoms with Crippen LogP contribution in [-0.4, -0.2) is 33.3 Å². The highest BCUT2D eigenvalue weighted by molar-refractivity contribution is 7.84. The number of carbonyl (C=O) groups is 1. The van der Waals surface area contributed by atoms with E-state index >= 15 is 0 Å². The highest BCUT2D eigenvalue weighted by atomic mass is 32.2. The van der Waals surface area contributed by atoms with Gasteiger partial charge in [-0.1, -0.05) is 19.1 Å². The number of amides is 1. The molecule has 100 valence electrons. The van der Waals surface area contributed by atoms with Crippen molar-refractivity contribution in [3.8, 4) is 5.75 Å². The third-order valence-electron chi connectivity index (χ3n) is 2.71. The van der Waals surface area contributed by atoms with E-state index in [1.165, 1.54) is 0 Å². The van der Waals surface area contributed by atoms with Crippen molar-refractivity contribution in [3.63, 3.8) is 0 Å². The molecule has 18 heavy (non-hydrogen) atoms. The first-order chi connectivity index (χ1) is 8.49. The Morgan fingerprint density at radius 3 is 2.83 bits per heavy atom. The van der Waals surface area contributed by atoms with Crippen molar-refractivity contribution in [1.29, 1.82) is 0 Å². The average Bonchev–Trinajstić information content (AvgIpc) is 2.28. The summed E-state index contributed by atoms with van der Waals surface area (Å²) in [5, 5.41) is 12.1.